The summed E-state index contributed by atoms with van der Waals surface area (Å²) in [5.41, 5.74) is 2.25. The summed E-state index contributed by atoms with van der Waals surface area (Å²) >= 11 is 6.20. The first-order chi connectivity index (χ1) is 9.87. The molecule has 0 aliphatic rings. The summed E-state index contributed by atoms with van der Waals surface area (Å²) in [5.74, 6) is 0. The molecule has 1 aromatic carbocycles. The van der Waals surface area contributed by atoms with Crippen LogP contribution in [-0.2, 0) is 0 Å². The van der Waals surface area contributed by atoms with Gasteiger partial charge >= 0.3 is 0 Å². The molecule has 2 N–H and O–H groups in total. The third kappa shape index (κ3) is 4.53. The van der Waals surface area contributed by atoms with Gasteiger partial charge in [-0.05, 0) is 39.0 Å². The summed E-state index contributed by atoms with van der Waals surface area (Å²) in [6, 6.07) is 13.2. The Morgan fingerprint density at radius 3 is 2.52 bits per heavy atom. The first-order valence-corrected chi connectivity index (χ1v) is 7.39. The van der Waals surface area contributed by atoms with E-state index in [4.69, 9.17) is 11.6 Å². The zero-order valence-electron chi connectivity index (χ0n) is 12.6. The molecule has 21 heavy (non-hydrogen) atoms. The predicted octanol–water partition coefficient (Wildman–Crippen LogP) is 3.82. The highest BCUT2D eigenvalue weighted by Gasteiger charge is 2.15. The number of aliphatic hydroxyl groups is 1. The van der Waals surface area contributed by atoms with Gasteiger partial charge in [0.15, 0.2) is 0 Å². The second kappa shape index (κ2) is 6.56. The average Bonchev–Trinajstić information content (AvgIpc) is 2.44. The smallest absolute Gasteiger partial charge is 0.108 e. The maximum absolute atomic E-state index is 10.3. The van der Waals surface area contributed by atoms with E-state index in [2.05, 4.69) is 31.1 Å². The largest absolute Gasteiger partial charge is 0.385 e. The minimum absolute atomic E-state index is 0.0403. The van der Waals surface area contributed by atoms with E-state index >= 15 is 0 Å². The number of halogens is 1. The number of benzene rings is 1. The van der Waals surface area contributed by atoms with Crippen molar-refractivity contribution in [1.82, 2.24) is 10.3 Å². The highest BCUT2D eigenvalue weighted by molar-refractivity contribution is 6.33. The molecular weight excluding hydrogens is 284 g/mol. The summed E-state index contributed by atoms with van der Waals surface area (Å²) in [7, 11) is 0. The summed E-state index contributed by atoms with van der Waals surface area (Å²) < 4.78 is 0. The zero-order valence-corrected chi connectivity index (χ0v) is 13.4. The van der Waals surface area contributed by atoms with Crippen LogP contribution in [0.5, 0.6) is 0 Å². The van der Waals surface area contributed by atoms with Crippen LogP contribution in [0.1, 0.15) is 32.6 Å². The Bertz CT molecular complexity index is 608. The van der Waals surface area contributed by atoms with Crippen LogP contribution in [-0.4, -0.2) is 22.2 Å². The summed E-state index contributed by atoms with van der Waals surface area (Å²) in [4.78, 5) is 4.53. The number of aromatic nitrogens is 1. The number of nitrogens with one attached hydrogen (secondary N) is 1. The molecule has 2 aromatic rings. The molecule has 0 radical (unpaired) electrons. The van der Waals surface area contributed by atoms with E-state index in [0.717, 1.165) is 11.3 Å². The Balaban J connectivity index is 2.20. The lowest BCUT2D eigenvalue weighted by atomic mass is 10.1. The maximum Gasteiger partial charge on any atom is 0.108 e. The number of hydrogen-bond acceptors (Lipinski definition) is 3. The fourth-order valence-electron chi connectivity index (χ4n) is 1.96. The molecule has 4 heteroatoms. The lowest BCUT2D eigenvalue weighted by Gasteiger charge is -2.22. The molecule has 0 saturated carbocycles. The Morgan fingerprint density at radius 2 is 1.86 bits per heavy atom. The van der Waals surface area contributed by atoms with Crippen molar-refractivity contribution in [2.24, 2.45) is 0 Å². The van der Waals surface area contributed by atoms with E-state index in [-0.39, 0.29) is 5.54 Å². The van der Waals surface area contributed by atoms with E-state index < -0.39 is 6.10 Å². The van der Waals surface area contributed by atoms with E-state index in [9.17, 15) is 5.11 Å². The molecule has 0 fully saturated rings. The van der Waals surface area contributed by atoms with Gasteiger partial charge in [-0.25, -0.2) is 4.98 Å². The van der Waals surface area contributed by atoms with Gasteiger partial charge < -0.3 is 10.4 Å². The maximum atomic E-state index is 10.3. The van der Waals surface area contributed by atoms with Crippen molar-refractivity contribution in [3.8, 4) is 11.3 Å². The first kappa shape index (κ1) is 16.0. The number of hydrogen-bond donors (Lipinski definition) is 2. The Hall–Kier alpha value is -1.42. The Labute approximate surface area is 131 Å². The molecule has 0 bridgehead atoms. The second-order valence-corrected chi connectivity index (χ2v) is 6.48. The van der Waals surface area contributed by atoms with Crippen molar-refractivity contribution in [1.29, 1.82) is 0 Å². The number of β-amino-alcohol motifs (C(OH)–C–C–N with tert-alkyl or cyclic N) is 1. The van der Waals surface area contributed by atoms with Crippen LogP contribution in [0.3, 0.4) is 0 Å². The summed E-state index contributed by atoms with van der Waals surface area (Å²) in [6.45, 7) is 6.65. The molecule has 0 aliphatic carbocycles. The fourth-order valence-corrected chi connectivity index (χ4v) is 2.20. The van der Waals surface area contributed by atoms with E-state index in [1.165, 1.54) is 0 Å². The van der Waals surface area contributed by atoms with Crippen LogP contribution in [0.4, 0.5) is 0 Å². The van der Waals surface area contributed by atoms with Crippen molar-refractivity contribution >= 4 is 11.6 Å². The van der Waals surface area contributed by atoms with E-state index in [1.807, 2.05) is 42.5 Å². The standard InChI is InChI=1S/C17H21ClN2O/c1-17(2,3)19-11-16(21)15-10-6-9-14(20-15)12-7-4-5-8-13(12)18/h4-10,16,19,21H,11H2,1-3H3. The minimum Gasteiger partial charge on any atom is -0.385 e. The third-order valence-corrected chi connectivity index (χ3v) is 3.42. The van der Waals surface area contributed by atoms with Crippen LogP contribution < -0.4 is 5.32 Å². The SMILES string of the molecule is CC(C)(C)NCC(O)c1cccc(-c2ccccc2Cl)n1. The van der Waals surface area contributed by atoms with E-state index in [1.54, 1.807) is 0 Å². The molecule has 112 valence electrons. The zero-order chi connectivity index (χ0) is 15.5. The quantitative estimate of drug-likeness (QED) is 0.902. The van der Waals surface area contributed by atoms with Crippen LogP contribution in [0.2, 0.25) is 5.02 Å². The predicted molar refractivity (Wildman–Crippen MR) is 87.4 cm³/mol. The average molecular weight is 305 g/mol. The van der Waals surface area contributed by atoms with Gasteiger partial charge in [0.1, 0.15) is 6.10 Å². The molecule has 0 spiro atoms. The fraction of sp³-hybridized carbons (Fsp3) is 0.353. The monoisotopic (exact) mass is 304 g/mol. The number of nitrogens with zero attached hydrogens (tertiary/aromatic N) is 1. The molecular formula is C17H21ClN2O. The summed E-state index contributed by atoms with van der Waals surface area (Å²) in [5, 5.41) is 14.2. The highest BCUT2D eigenvalue weighted by Crippen LogP contribution is 2.26. The van der Waals surface area contributed by atoms with Crippen LogP contribution in [0.15, 0.2) is 42.5 Å². The number of rotatable bonds is 4. The molecule has 1 aromatic heterocycles. The minimum atomic E-state index is -0.647. The molecule has 1 atom stereocenters. The van der Waals surface area contributed by atoms with Crippen LogP contribution in [0.25, 0.3) is 11.3 Å². The molecule has 2 rings (SSSR count). The van der Waals surface area contributed by atoms with Gasteiger partial charge in [0.05, 0.1) is 11.4 Å². The number of aliphatic hydroxyl groups excluding tert-OH is 1. The van der Waals surface area contributed by atoms with Gasteiger partial charge in [0.25, 0.3) is 0 Å². The van der Waals surface area contributed by atoms with Gasteiger partial charge in [0, 0.05) is 22.7 Å². The van der Waals surface area contributed by atoms with Crippen LogP contribution in [0, 0.1) is 0 Å². The van der Waals surface area contributed by atoms with Gasteiger partial charge in [-0.2, -0.15) is 0 Å². The van der Waals surface area contributed by atoms with Gasteiger partial charge in [-0.3, -0.25) is 0 Å². The second-order valence-electron chi connectivity index (χ2n) is 6.07. The van der Waals surface area contributed by atoms with Crippen molar-refractivity contribution in [2.45, 2.75) is 32.4 Å². The lowest BCUT2D eigenvalue weighted by molar-refractivity contribution is 0.159. The highest BCUT2D eigenvalue weighted by atomic mass is 35.5. The lowest BCUT2D eigenvalue weighted by Crippen LogP contribution is -2.38. The molecule has 0 saturated heterocycles. The molecule has 0 aliphatic heterocycles. The van der Waals surface area contributed by atoms with Crippen molar-refractivity contribution in [3.05, 3.63) is 53.2 Å². The normalized spacial score (nSPS) is 13.2. The first-order valence-electron chi connectivity index (χ1n) is 7.02. The van der Waals surface area contributed by atoms with Gasteiger partial charge in [-0.15, -0.1) is 0 Å². The van der Waals surface area contributed by atoms with E-state index in [0.29, 0.717) is 17.3 Å². The third-order valence-electron chi connectivity index (χ3n) is 3.09. The Morgan fingerprint density at radius 1 is 1.14 bits per heavy atom. The van der Waals surface area contributed by atoms with Gasteiger partial charge in [-0.1, -0.05) is 35.9 Å². The van der Waals surface area contributed by atoms with Crippen molar-refractivity contribution < 1.29 is 5.11 Å². The molecule has 0 amide bonds. The van der Waals surface area contributed by atoms with Gasteiger partial charge in [0.2, 0.25) is 0 Å². The Kier molecular flexibility index (Phi) is 4.99. The number of pyridine rings is 1. The van der Waals surface area contributed by atoms with Crippen molar-refractivity contribution in [2.75, 3.05) is 6.54 Å². The topological polar surface area (TPSA) is 45.1 Å². The van der Waals surface area contributed by atoms with Crippen LogP contribution >= 0.6 is 11.6 Å². The molecule has 3 nitrogen and oxygen atoms in total. The molecule has 1 heterocycles. The van der Waals surface area contributed by atoms with Crippen molar-refractivity contribution in [3.63, 3.8) is 0 Å². The molecule has 1 unspecified atom stereocenters. The summed E-state index contributed by atoms with van der Waals surface area (Å²) in [6.07, 6.45) is -0.647.